The number of anilines is 1. The second kappa shape index (κ2) is 3.69. The molecule has 0 bridgehead atoms. The number of aromatic nitrogens is 2. The maximum absolute atomic E-state index is 11.7. The molecule has 92 valence electrons. The maximum Gasteiger partial charge on any atom is 0.350 e. The van der Waals surface area contributed by atoms with E-state index in [0.717, 1.165) is 5.82 Å². The predicted molar refractivity (Wildman–Crippen MR) is 63.2 cm³/mol. The standard InChI is InChI=1S/C10H13ClN4O2/c11-7-5-8-14(9(16)13-7)2-1-10(12)6-17-4-3-15(8)10/h5H,1-4,6,12H2. The van der Waals surface area contributed by atoms with Crippen molar-refractivity contribution in [2.75, 3.05) is 24.7 Å². The Morgan fingerprint density at radius 2 is 2.35 bits per heavy atom. The second-order valence-corrected chi connectivity index (χ2v) is 4.82. The summed E-state index contributed by atoms with van der Waals surface area (Å²) in [6.07, 6.45) is 0.670. The van der Waals surface area contributed by atoms with Crippen LogP contribution in [0.3, 0.4) is 0 Å². The fraction of sp³-hybridized carbons (Fsp3) is 0.600. The van der Waals surface area contributed by atoms with Crippen molar-refractivity contribution >= 4 is 17.4 Å². The van der Waals surface area contributed by atoms with Crippen LogP contribution in [-0.4, -0.2) is 35.0 Å². The highest BCUT2D eigenvalue weighted by atomic mass is 35.5. The van der Waals surface area contributed by atoms with Gasteiger partial charge in [0.05, 0.1) is 13.2 Å². The SMILES string of the molecule is NC12CCn3c(cc(Cl)nc3=O)N1CCOC2. The molecule has 0 amide bonds. The van der Waals surface area contributed by atoms with E-state index in [4.69, 9.17) is 22.1 Å². The van der Waals surface area contributed by atoms with Gasteiger partial charge >= 0.3 is 5.69 Å². The van der Waals surface area contributed by atoms with Crippen molar-refractivity contribution in [3.05, 3.63) is 21.7 Å². The van der Waals surface area contributed by atoms with Gasteiger partial charge in [-0.3, -0.25) is 4.57 Å². The molecule has 2 aliphatic rings. The Bertz CT molecular complexity index is 518. The molecule has 0 saturated carbocycles. The van der Waals surface area contributed by atoms with Gasteiger partial charge in [0, 0.05) is 25.6 Å². The summed E-state index contributed by atoms with van der Waals surface area (Å²) in [4.78, 5) is 17.4. The van der Waals surface area contributed by atoms with Crippen LogP contribution in [0.1, 0.15) is 6.42 Å². The molecule has 17 heavy (non-hydrogen) atoms. The first-order valence-corrected chi connectivity index (χ1v) is 5.90. The molecular formula is C10H13ClN4O2. The quantitative estimate of drug-likeness (QED) is 0.651. The number of hydrogen-bond acceptors (Lipinski definition) is 5. The normalized spacial score (nSPS) is 27.5. The zero-order valence-corrected chi connectivity index (χ0v) is 9.98. The molecule has 1 fully saturated rings. The van der Waals surface area contributed by atoms with Crippen molar-refractivity contribution < 1.29 is 4.74 Å². The highest BCUT2D eigenvalue weighted by molar-refractivity contribution is 6.29. The number of nitrogens with two attached hydrogens (primary N) is 1. The number of rotatable bonds is 0. The van der Waals surface area contributed by atoms with Gasteiger partial charge in [0.15, 0.2) is 0 Å². The summed E-state index contributed by atoms with van der Waals surface area (Å²) in [7, 11) is 0. The lowest BCUT2D eigenvalue weighted by molar-refractivity contribution is 0.0395. The van der Waals surface area contributed by atoms with Crippen molar-refractivity contribution in [1.82, 2.24) is 9.55 Å². The summed E-state index contributed by atoms with van der Waals surface area (Å²) in [6.45, 7) is 2.29. The highest BCUT2D eigenvalue weighted by Crippen LogP contribution is 2.31. The largest absolute Gasteiger partial charge is 0.376 e. The van der Waals surface area contributed by atoms with Gasteiger partial charge in [-0.1, -0.05) is 11.6 Å². The molecular weight excluding hydrogens is 244 g/mol. The van der Waals surface area contributed by atoms with Gasteiger partial charge in [0.1, 0.15) is 16.6 Å². The van der Waals surface area contributed by atoms with Gasteiger partial charge in [-0.15, -0.1) is 0 Å². The average molecular weight is 257 g/mol. The van der Waals surface area contributed by atoms with Crippen LogP contribution < -0.4 is 16.3 Å². The minimum absolute atomic E-state index is 0.206. The Labute approximate surface area is 103 Å². The van der Waals surface area contributed by atoms with Crippen LogP contribution in [0.5, 0.6) is 0 Å². The number of halogens is 1. The summed E-state index contributed by atoms with van der Waals surface area (Å²) in [5.41, 5.74) is 5.45. The van der Waals surface area contributed by atoms with Gasteiger partial charge in [0.25, 0.3) is 0 Å². The molecule has 0 aromatic carbocycles. The molecule has 1 aromatic rings. The fourth-order valence-corrected chi connectivity index (χ4v) is 2.63. The first-order chi connectivity index (χ1) is 8.10. The van der Waals surface area contributed by atoms with Crippen LogP contribution in [0.2, 0.25) is 5.15 Å². The monoisotopic (exact) mass is 256 g/mol. The van der Waals surface area contributed by atoms with Gasteiger partial charge in [-0.25, -0.2) is 4.79 Å². The maximum atomic E-state index is 11.7. The lowest BCUT2D eigenvalue weighted by Gasteiger charge is -2.49. The molecule has 2 N–H and O–H groups in total. The van der Waals surface area contributed by atoms with Crippen LogP contribution in [0.25, 0.3) is 0 Å². The Kier molecular flexibility index (Phi) is 2.39. The minimum atomic E-state index is -0.532. The van der Waals surface area contributed by atoms with E-state index in [2.05, 4.69) is 4.98 Å². The molecule has 3 rings (SSSR count). The summed E-state index contributed by atoms with van der Waals surface area (Å²) in [5.74, 6) is 0.743. The molecule has 0 aliphatic carbocycles. The third-order valence-electron chi connectivity index (χ3n) is 3.35. The van der Waals surface area contributed by atoms with E-state index in [0.29, 0.717) is 32.7 Å². The second-order valence-electron chi connectivity index (χ2n) is 4.43. The topological polar surface area (TPSA) is 73.4 Å². The lowest BCUT2D eigenvalue weighted by Crippen LogP contribution is -2.66. The molecule has 1 atom stereocenters. The zero-order valence-electron chi connectivity index (χ0n) is 9.23. The van der Waals surface area contributed by atoms with E-state index in [-0.39, 0.29) is 10.8 Å². The highest BCUT2D eigenvalue weighted by Gasteiger charge is 2.40. The molecule has 7 heteroatoms. The van der Waals surface area contributed by atoms with Gasteiger partial charge in [0.2, 0.25) is 0 Å². The minimum Gasteiger partial charge on any atom is -0.376 e. The van der Waals surface area contributed by atoms with Crippen molar-refractivity contribution in [3.8, 4) is 0 Å². The van der Waals surface area contributed by atoms with Crippen LogP contribution in [-0.2, 0) is 11.3 Å². The number of hydrogen-bond donors (Lipinski definition) is 1. The van der Waals surface area contributed by atoms with E-state index in [1.54, 1.807) is 10.6 Å². The molecule has 0 radical (unpaired) electrons. The van der Waals surface area contributed by atoms with Crippen LogP contribution in [0.4, 0.5) is 5.82 Å². The van der Waals surface area contributed by atoms with Crippen molar-refractivity contribution in [3.63, 3.8) is 0 Å². The zero-order chi connectivity index (χ0) is 12.0. The lowest BCUT2D eigenvalue weighted by atomic mass is 10.0. The van der Waals surface area contributed by atoms with Gasteiger partial charge < -0.3 is 15.4 Å². The summed E-state index contributed by atoms with van der Waals surface area (Å²) in [6, 6.07) is 1.69. The van der Waals surface area contributed by atoms with Gasteiger partial charge in [-0.2, -0.15) is 4.98 Å². The first kappa shape index (κ1) is 11.0. The Balaban J connectivity index is 2.15. The molecule has 6 nitrogen and oxygen atoms in total. The van der Waals surface area contributed by atoms with E-state index in [1.807, 2.05) is 4.90 Å². The number of ether oxygens (including phenoxy) is 1. The average Bonchev–Trinajstić information content (AvgIpc) is 2.27. The van der Waals surface area contributed by atoms with E-state index in [9.17, 15) is 4.79 Å². The molecule has 1 saturated heterocycles. The molecule has 2 aliphatic heterocycles. The van der Waals surface area contributed by atoms with E-state index in [1.165, 1.54) is 0 Å². The van der Waals surface area contributed by atoms with E-state index < -0.39 is 5.66 Å². The first-order valence-electron chi connectivity index (χ1n) is 5.52. The third kappa shape index (κ3) is 1.64. The summed E-state index contributed by atoms with van der Waals surface area (Å²) < 4.78 is 7.03. The Hall–Kier alpha value is -1.11. The molecule has 0 spiro atoms. The number of morpholine rings is 1. The number of fused-ring (bicyclic) bond motifs is 3. The molecule has 1 aromatic heterocycles. The predicted octanol–water partition coefficient (Wildman–Crippen LogP) is -0.208. The summed E-state index contributed by atoms with van der Waals surface area (Å²) >= 11 is 5.84. The van der Waals surface area contributed by atoms with Crippen LogP contribution in [0, 0.1) is 0 Å². The Morgan fingerprint density at radius 1 is 1.53 bits per heavy atom. The molecule has 1 unspecified atom stereocenters. The Morgan fingerprint density at radius 3 is 3.18 bits per heavy atom. The van der Waals surface area contributed by atoms with Crippen molar-refractivity contribution in [2.45, 2.75) is 18.6 Å². The number of nitrogens with zero attached hydrogens (tertiary/aromatic N) is 3. The van der Waals surface area contributed by atoms with E-state index >= 15 is 0 Å². The van der Waals surface area contributed by atoms with Crippen molar-refractivity contribution in [1.29, 1.82) is 0 Å². The molecule has 3 heterocycles. The smallest absolute Gasteiger partial charge is 0.350 e. The van der Waals surface area contributed by atoms with Crippen molar-refractivity contribution in [2.24, 2.45) is 5.73 Å². The van der Waals surface area contributed by atoms with Crippen LogP contribution >= 0.6 is 11.6 Å². The van der Waals surface area contributed by atoms with Gasteiger partial charge in [-0.05, 0) is 0 Å². The summed E-state index contributed by atoms with van der Waals surface area (Å²) in [5, 5.41) is 0.206. The third-order valence-corrected chi connectivity index (χ3v) is 3.55. The van der Waals surface area contributed by atoms with Crippen LogP contribution in [0.15, 0.2) is 10.9 Å². The fourth-order valence-electron chi connectivity index (χ4n) is 2.46.